The molecule has 0 radical (unpaired) electrons. The molecule has 7 heteroatoms. The van der Waals surface area contributed by atoms with Crippen LogP contribution in [0.5, 0.6) is 0 Å². The molecule has 1 N–H and O–H groups in total. The maximum atomic E-state index is 10.7. The van der Waals surface area contributed by atoms with Crippen molar-refractivity contribution in [2.24, 2.45) is 0 Å². The first-order valence-electron chi connectivity index (χ1n) is 6.87. The van der Waals surface area contributed by atoms with E-state index in [1.54, 1.807) is 4.90 Å². The van der Waals surface area contributed by atoms with E-state index in [1.807, 2.05) is 0 Å². The molecule has 0 spiro atoms. The van der Waals surface area contributed by atoms with E-state index in [0.29, 0.717) is 26.3 Å². The normalized spacial score (nSPS) is 18.8. The van der Waals surface area contributed by atoms with Crippen molar-refractivity contribution in [3.8, 4) is 0 Å². The van der Waals surface area contributed by atoms with Gasteiger partial charge in [-0.3, -0.25) is 9.45 Å². The second-order valence-electron chi connectivity index (χ2n) is 4.38. The van der Waals surface area contributed by atoms with Gasteiger partial charge in [0.25, 0.3) is 10.1 Å². The van der Waals surface area contributed by atoms with E-state index in [9.17, 15) is 8.42 Å². The van der Waals surface area contributed by atoms with Crippen LogP contribution in [-0.2, 0) is 14.9 Å². The molecule has 0 aliphatic carbocycles. The van der Waals surface area contributed by atoms with Gasteiger partial charge in [-0.25, -0.2) is 0 Å². The Hall–Kier alpha value is -0.210. The highest BCUT2D eigenvalue weighted by atomic mass is 32.2. The number of morpholine rings is 1. The summed E-state index contributed by atoms with van der Waals surface area (Å²) < 4.78 is 35.2. The number of hydrogen-bond donors (Lipinski definition) is 1. The van der Waals surface area contributed by atoms with Gasteiger partial charge in [-0.2, -0.15) is 8.42 Å². The van der Waals surface area contributed by atoms with Crippen molar-refractivity contribution in [3.05, 3.63) is 0 Å². The fraction of sp³-hybridized carbons (Fsp3) is 1.00. The van der Waals surface area contributed by atoms with Gasteiger partial charge in [0.05, 0.1) is 13.2 Å². The maximum absolute atomic E-state index is 10.7. The van der Waals surface area contributed by atoms with Crippen LogP contribution in [0, 0.1) is 0 Å². The maximum Gasteiger partial charge on any atom is 0.280 e. The third-order valence-electron chi connectivity index (χ3n) is 3.33. The van der Waals surface area contributed by atoms with E-state index in [0.717, 1.165) is 0 Å². The predicted molar refractivity (Wildman–Crippen MR) is 76.9 cm³/mol. The van der Waals surface area contributed by atoms with Crippen molar-refractivity contribution in [2.75, 3.05) is 45.9 Å². The summed E-state index contributed by atoms with van der Waals surface area (Å²) in [5, 5.41) is -0.818. The molecule has 1 aliphatic heterocycles. The third-order valence-corrected chi connectivity index (χ3v) is 4.49. The van der Waals surface area contributed by atoms with Crippen LogP contribution in [0.3, 0.4) is 0 Å². The van der Waals surface area contributed by atoms with Crippen LogP contribution in [0.4, 0.5) is 0 Å². The van der Waals surface area contributed by atoms with Crippen LogP contribution in [0.2, 0.25) is 0 Å². The van der Waals surface area contributed by atoms with Gasteiger partial charge in [0.1, 0.15) is 5.37 Å². The minimum absolute atomic E-state index is 0.528. The molecule has 1 aliphatic rings. The Balaban J connectivity index is 0.000000399. The summed E-state index contributed by atoms with van der Waals surface area (Å²) in [7, 11) is -3.93. The lowest BCUT2D eigenvalue weighted by Crippen LogP contribution is -2.45. The smallest absolute Gasteiger partial charge is 0.280 e. The van der Waals surface area contributed by atoms with Gasteiger partial charge in [0.2, 0.25) is 0 Å². The summed E-state index contributed by atoms with van der Waals surface area (Å²) in [4.78, 5) is 4.05. The number of nitrogens with zero attached hydrogens (tertiary/aromatic N) is 2. The monoisotopic (exact) mass is 296 g/mol. The Kier molecular flexibility index (Phi) is 9.55. The summed E-state index contributed by atoms with van der Waals surface area (Å²) in [6.07, 6.45) is 0. The van der Waals surface area contributed by atoms with Gasteiger partial charge in [0.15, 0.2) is 0 Å². The van der Waals surface area contributed by atoms with E-state index >= 15 is 0 Å². The number of rotatable bonds is 5. The first kappa shape index (κ1) is 18.8. The molecule has 1 unspecified atom stereocenters. The molecule has 1 saturated heterocycles. The number of ether oxygens (including phenoxy) is 1. The lowest BCUT2D eigenvalue weighted by Gasteiger charge is -2.30. The van der Waals surface area contributed by atoms with Crippen molar-refractivity contribution in [1.82, 2.24) is 9.80 Å². The lowest BCUT2D eigenvalue weighted by atomic mass is 10.4. The highest BCUT2D eigenvalue weighted by molar-refractivity contribution is 7.86. The van der Waals surface area contributed by atoms with Crippen LogP contribution in [0.15, 0.2) is 0 Å². The Bertz CT molecular complexity index is 306. The Labute approximate surface area is 117 Å². The summed E-state index contributed by atoms with van der Waals surface area (Å²) >= 11 is 0. The summed E-state index contributed by atoms with van der Waals surface area (Å²) in [5.41, 5.74) is 0. The van der Waals surface area contributed by atoms with Crippen molar-refractivity contribution in [2.45, 2.75) is 33.1 Å². The Morgan fingerprint density at radius 1 is 1.16 bits per heavy atom. The Morgan fingerprint density at radius 3 is 1.84 bits per heavy atom. The summed E-state index contributed by atoms with van der Waals surface area (Å²) in [6, 6.07) is 0. The lowest BCUT2D eigenvalue weighted by molar-refractivity contribution is 0.0325. The molecule has 0 aromatic carbocycles. The molecule has 0 aromatic heterocycles. The second kappa shape index (κ2) is 9.66. The fourth-order valence-electron chi connectivity index (χ4n) is 1.80. The Morgan fingerprint density at radius 2 is 1.58 bits per heavy atom. The van der Waals surface area contributed by atoms with Crippen LogP contribution in [-0.4, -0.2) is 74.1 Å². The average Bonchev–Trinajstić information content (AvgIpc) is 2.40. The molecule has 116 valence electrons. The van der Waals surface area contributed by atoms with Gasteiger partial charge >= 0.3 is 0 Å². The minimum atomic E-state index is -3.93. The first-order valence-corrected chi connectivity index (χ1v) is 8.37. The molecule has 0 bridgehead atoms. The summed E-state index contributed by atoms with van der Waals surface area (Å²) in [5.74, 6) is 0. The highest BCUT2D eigenvalue weighted by Crippen LogP contribution is 2.07. The largest absolute Gasteiger partial charge is 0.379 e. The molecular formula is C12H28N2O4S. The van der Waals surface area contributed by atoms with E-state index in [4.69, 9.17) is 9.29 Å². The topological polar surface area (TPSA) is 70.1 Å². The van der Waals surface area contributed by atoms with Crippen molar-refractivity contribution >= 4 is 10.1 Å². The first-order chi connectivity index (χ1) is 8.86. The summed E-state index contributed by atoms with van der Waals surface area (Å²) in [6.45, 7) is 13.8. The predicted octanol–water partition coefficient (Wildman–Crippen LogP) is 0.901. The number of hydrogen-bond acceptors (Lipinski definition) is 5. The van der Waals surface area contributed by atoms with Gasteiger partial charge < -0.3 is 9.64 Å². The SMILES string of the molecule is CC(N1CCOCC1)S(=O)(=O)O.CCN(CC)CC. The second-order valence-corrected chi connectivity index (χ2v) is 6.09. The molecule has 0 saturated carbocycles. The van der Waals surface area contributed by atoms with Crippen LogP contribution in [0.1, 0.15) is 27.7 Å². The van der Waals surface area contributed by atoms with Crippen LogP contribution >= 0.6 is 0 Å². The molecule has 19 heavy (non-hydrogen) atoms. The average molecular weight is 296 g/mol. The van der Waals surface area contributed by atoms with Crippen molar-refractivity contribution in [3.63, 3.8) is 0 Å². The molecule has 1 heterocycles. The van der Waals surface area contributed by atoms with E-state index in [2.05, 4.69) is 25.7 Å². The van der Waals surface area contributed by atoms with E-state index < -0.39 is 15.5 Å². The molecule has 1 atom stereocenters. The van der Waals surface area contributed by atoms with Crippen molar-refractivity contribution in [1.29, 1.82) is 0 Å². The van der Waals surface area contributed by atoms with Crippen LogP contribution in [0.25, 0.3) is 0 Å². The van der Waals surface area contributed by atoms with E-state index in [1.165, 1.54) is 26.6 Å². The molecule has 6 nitrogen and oxygen atoms in total. The zero-order valence-corrected chi connectivity index (χ0v) is 13.3. The van der Waals surface area contributed by atoms with Gasteiger partial charge in [-0.15, -0.1) is 0 Å². The third kappa shape index (κ3) is 7.84. The van der Waals surface area contributed by atoms with Crippen molar-refractivity contribution < 1.29 is 17.7 Å². The highest BCUT2D eigenvalue weighted by Gasteiger charge is 2.26. The molecule has 0 aromatic rings. The molecule has 1 fully saturated rings. The molecule has 0 amide bonds. The molecular weight excluding hydrogens is 268 g/mol. The standard InChI is InChI=1S/C6H13NO4S.C6H15N/c1-6(12(8,9)10)7-2-4-11-5-3-7;1-4-7(5-2)6-3/h6H,2-5H2,1H3,(H,8,9,10);4-6H2,1-3H3. The minimum Gasteiger partial charge on any atom is -0.379 e. The van der Waals surface area contributed by atoms with Gasteiger partial charge in [-0.05, 0) is 26.6 Å². The quantitative estimate of drug-likeness (QED) is 0.760. The zero-order chi connectivity index (χ0) is 14.9. The fourth-order valence-corrected chi connectivity index (χ4v) is 2.39. The van der Waals surface area contributed by atoms with Gasteiger partial charge in [-0.1, -0.05) is 20.8 Å². The zero-order valence-electron chi connectivity index (χ0n) is 12.5. The van der Waals surface area contributed by atoms with Gasteiger partial charge in [0, 0.05) is 13.1 Å². The van der Waals surface area contributed by atoms with E-state index in [-0.39, 0.29) is 0 Å². The molecule has 1 rings (SSSR count). The van der Waals surface area contributed by atoms with Crippen LogP contribution < -0.4 is 0 Å².